The van der Waals surface area contributed by atoms with Gasteiger partial charge in [-0.1, -0.05) is 48.0 Å². The van der Waals surface area contributed by atoms with Gasteiger partial charge in [-0.15, -0.1) is 0 Å². The topological polar surface area (TPSA) is 46.2 Å². The molecule has 0 aromatic heterocycles. The van der Waals surface area contributed by atoms with Gasteiger partial charge in [0.1, 0.15) is 0 Å². The fourth-order valence-corrected chi connectivity index (χ4v) is 1.71. The van der Waals surface area contributed by atoms with Crippen LogP contribution in [0.4, 0.5) is 5.69 Å². The van der Waals surface area contributed by atoms with Crippen molar-refractivity contribution in [1.29, 1.82) is 0 Å². The Bertz CT molecular complexity index is 573. The molecule has 0 heterocycles. The van der Waals surface area contributed by atoms with Crippen LogP contribution in [0.25, 0.3) is 0 Å². The quantitative estimate of drug-likeness (QED) is 0.671. The first-order valence-electron chi connectivity index (χ1n) is 6.10. The molecule has 0 unspecified atom stereocenters. The summed E-state index contributed by atoms with van der Waals surface area (Å²) in [7, 11) is 0. The summed E-state index contributed by atoms with van der Waals surface area (Å²) in [6.07, 6.45) is -0.141. The minimum atomic E-state index is -0.294. The van der Waals surface area contributed by atoms with Gasteiger partial charge in [-0.05, 0) is 19.1 Å². The van der Waals surface area contributed by atoms with E-state index in [4.69, 9.17) is 0 Å². The van der Waals surface area contributed by atoms with E-state index in [1.165, 1.54) is 0 Å². The lowest BCUT2D eigenvalue weighted by atomic mass is 10.1. The Kier molecular flexibility index (Phi) is 4.08. The van der Waals surface area contributed by atoms with Crippen LogP contribution in [0.5, 0.6) is 0 Å². The molecule has 1 amide bonds. The molecule has 0 atom stereocenters. The van der Waals surface area contributed by atoms with Gasteiger partial charge >= 0.3 is 0 Å². The molecule has 0 fully saturated rings. The summed E-state index contributed by atoms with van der Waals surface area (Å²) in [4.78, 5) is 23.6. The lowest BCUT2D eigenvalue weighted by Gasteiger charge is -2.05. The van der Waals surface area contributed by atoms with Gasteiger partial charge < -0.3 is 5.32 Å². The van der Waals surface area contributed by atoms with Crippen molar-refractivity contribution in [3.63, 3.8) is 0 Å². The molecule has 3 nitrogen and oxygen atoms in total. The van der Waals surface area contributed by atoms with E-state index in [0.29, 0.717) is 11.3 Å². The lowest BCUT2D eigenvalue weighted by Crippen LogP contribution is -2.16. The maximum atomic E-state index is 11.8. The van der Waals surface area contributed by atoms with Crippen LogP contribution in [0.15, 0.2) is 54.6 Å². The molecule has 0 aliphatic carbocycles. The van der Waals surface area contributed by atoms with Crippen LogP contribution in [-0.4, -0.2) is 11.7 Å². The zero-order valence-corrected chi connectivity index (χ0v) is 10.7. The zero-order chi connectivity index (χ0) is 13.7. The van der Waals surface area contributed by atoms with Crippen LogP contribution in [0.2, 0.25) is 0 Å². The fraction of sp³-hybridized carbons (Fsp3) is 0.125. The molecule has 0 saturated carbocycles. The number of Topliss-reactive ketones (excluding diaryl/α,β-unsaturated/α-hetero) is 1. The molecule has 1 N–H and O–H groups in total. The Balaban J connectivity index is 1.95. The van der Waals surface area contributed by atoms with E-state index in [0.717, 1.165) is 5.56 Å². The number of hydrogen-bond donors (Lipinski definition) is 1. The van der Waals surface area contributed by atoms with Gasteiger partial charge in [-0.2, -0.15) is 0 Å². The van der Waals surface area contributed by atoms with E-state index in [9.17, 15) is 9.59 Å². The zero-order valence-electron chi connectivity index (χ0n) is 10.7. The van der Waals surface area contributed by atoms with Crippen molar-refractivity contribution in [2.24, 2.45) is 0 Å². The van der Waals surface area contributed by atoms with Gasteiger partial charge in [0.05, 0.1) is 6.42 Å². The summed E-state index contributed by atoms with van der Waals surface area (Å²) < 4.78 is 0. The highest BCUT2D eigenvalue weighted by molar-refractivity contribution is 6.10. The Morgan fingerprint density at radius 1 is 0.947 bits per heavy atom. The summed E-state index contributed by atoms with van der Waals surface area (Å²) in [5, 5.41) is 2.71. The molecule has 0 aliphatic rings. The predicted octanol–water partition coefficient (Wildman–Crippen LogP) is 3.21. The summed E-state index contributed by atoms with van der Waals surface area (Å²) in [6, 6.07) is 16.3. The number of hydrogen-bond acceptors (Lipinski definition) is 2. The maximum absolute atomic E-state index is 11.8. The monoisotopic (exact) mass is 253 g/mol. The van der Waals surface area contributed by atoms with Gasteiger partial charge in [0.2, 0.25) is 5.91 Å². The number of rotatable bonds is 4. The molecule has 2 aromatic carbocycles. The van der Waals surface area contributed by atoms with Gasteiger partial charge in [0.25, 0.3) is 0 Å². The highest BCUT2D eigenvalue weighted by atomic mass is 16.2. The van der Waals surface area contributed by atoms with Crippen molar-refractivity contribution < 1.29 is 9.59 Å². The van der Waals surface area contributed by atoms with Crippen LogP contribution in [0, 0.1) is 6.92 Å². The molecule has 0 aliphatic heterocycles. The number of amides is 1. The maximum Gasteiger partial charge on any atom is 0.232 e. The average molecular weight is 253 g/mol. The van der Waals surface area contributed by atoms with Crippen molar-refractivity contribution in [3.8, 4) is 0 Å². The van der Waals surface area contributed by atoms with Crippen LogP contribution in [-0.2, 0) is 4.79 Å². The Hall–Kier alpha value is -2.42. The summed E-state index contributed by atoms with van der Waals surface area (Å²) >= 11 is 0. The molecule has 0 bridgehead atoms. The number of benzene rings is 2. The van der Waals surface area contributed by atoms with Gasteiger partial charge in [0, 0.05) is 11.3 Å². The highest BCUT2D eigenvalue weighted by Gasteiger charge is 2.11. The van der Waals surface area contributed by atoms with Gasteiger partial charge in [0.15, 0.2) is 5.78 Å². The average Bonchev–Trinajstić information content (AvgIpc) is 2.42. The van der Waals surface area contributed by atoms with Crippen LogP contribution in [0.1, 0.15) is 22.3 Å². The van der Waals surface area contributed by atoms with Crippen molar-refractivity contribution in [2.45, 2.75) is 13.3 Å². The Morgan fingerprint density at radius 3 is 2.21 bits per heavy atom. The molecule has 0 radical (unpaired) electrons. The first kappa shape index (κ1) is 13.0. The second kappa shape index (κ2) is 5.96. The van der Waals surface area contributed by atoms with Crippen LogP contribution < -0.4 is 5.32 Å². The molecule has 2 rings (SSSR count). The third kappa shape index (κ3) is 3.78. The molecule has 3 heteroatoms. The molecular weight excluding hydrogens is 238 g/mol. The second-order valence-electron chi connectivity index (χ2n) is 4.38. The predicted molar refractivity (Wildman–Crippen MR) is 75.2 cm³/mol. The first-order chi connectivity index (χ1) is 9.15. The van der Waals surface area contributed by atoms with Crippen LogP contribution >= 0.6 is 0 Å². The third-order valence-electron chi connectivity index (χ3n) is 2.75. The number of carbonyl (C=O) groups excluding carboxylic acids is 2. The number of nitrogens with one attached hydrogen (secondary N) is 1. The van der Waals surface area contributed by atoms with E-state index < -0.39 is 0 Å². The minimum Gasteiger partial charge on any atom is -0.326 e. The normalized spacial score (nSPS) is 9.95. The van der Waals surface area contributed by atoms with E-state index in [1.54, 1.807) is 24.3 Å². The SMILES string of the molecule is Cc1ccc(NC(=O)CC(=O)c2ccccc2)cc1. The third-order valence-corrected chi connectivity index (χ3v) is 2.75. The second-order valence-corrected chi connectivity index (χ2v) is 4.38. The van der Waals surface area contributed by atoms with Crippen molar-refractivity contribution >= 4 is 17.4 Å². The molecule has 0 spiro atoms. The largest absolute Gasteiger partial charge is 0.326 e. The number of carbonyl (C=O) groups is 2. The van der Waals surface area contributed by atoms with E-state index in [2.05, 4.69) is 5.32 Å². The number of aryl methyl sites for hydroxylation is 1. The number of anilines is 1. The highest BCUT2D eigenvalue weighted by Crippen LogP contribution is 2.10. The summed E-state index contributed by atoms with van der Waals surface area (Å²) in [5.74, 6) is -0.470. The Morgan fingerprint density at radius 2 is 1.58 bits per heavy atom. The lowest BCUT2D eigenvalue weighted by molar-refractivity contribution is -0.115. The number of ketones is 1. The van der Waals surface area contributed by atoms with Crippen LogP contribution in [0.3, 0.4) is 0 Å². The molecule has 19 heavy (non-hydrogen) atoms. The van der Waals surface area contributed by atoms with E-state index in [-0.39, 0.29) is 18.1 Å². The smallest absolute Gasteiger partial charge is 0.232 e. The molecule has 0 saturated heterocycles. The molecule has 96 valence electrons. The summed E-state index contributed by atoms with van der Waals surface area (Å²) in [5.41, 5.74) is 2.39. The Labute approximate surface area is 112 Å². The van der Waals surface area contributed by atoms with Gasteiger partial charge in [-0.25, -0.2) is 0 Å². The minimum absolute atomic E-state index is 0.141. The molecule has 2 aromatic rings. The van der Waals surface area contributed by atoms with Crippen molar-refractivity contribution in [3.05, 3.63) is 65.7 Å². The van der Waals surface area contributed by atoms with Gasteiger partial charge in [-0.3, -0.25) is 9.59 Å². The fourth-order valence-electron chi connectivity index (χ4n) is 1.71. The molecular formula is C16H15NO2. The van der Waals surface area contributed by atoms with E-state index >= 15 is 0 Å². The first-order valence-corrected chi connectivity index (χ1v) is 6.10. The van der Waals surface area contributed by atoms with E-state index in [1.807, 2.05) is 37.3 Å². The van der Waals surface area contributed by atoms with Crippen molar-refractivity contribution in [1.82, 2.24) is 0 Å². The standard InChI is InChI=1S/C16H15NO2/c1-12-7-9-14(10-8-12)17-16(19)11-15(18)13-5-3-2-4-6-13/h2-10H,11H2,1H3,(H,17,19). The summed E-state index contributed by atoms with van der Waals surface area (Å²) in [6.45, 7) is 1.98. The van der Waals surface area contributed by atoms with Crippen molar-refractivity contribution in [2.75, 3.05) is 5.32 Å².